The van der Waals surface area contributed by atoms with E-state index in [4.69, 9.17) is 4.52 Å². The predicted octanol–water partition coefficient (Wildman–Crippen LogP) is 2.97. The summed E-state index contributed by atoms with van der Waals surface area (Å²) < 4.78 is 45.0. The summed E-state index contributed by atoms with van der Waals surface area (Å²) in [6, 6.07) is 4.67. The van der Waals surface area contributed by atoms with Gasteiger partial charge in [0.15, 0.2) is 0 Å². The Morgan fingerprint density at radius 1 is 1.12 bits per heavy atom. The molecule has 0 saturated heterocycles. The third kappa shape index (κ3) is 2.61. The number of hydrogen-bond donors (Lipinski definition) is 0. The van der Waals surface area contributed by atoms with Crippen molar-refractivity contribution in [2.45, 2.75) is 19.3 Å². The van der Waals surface area contributed by atoms with Crippen molar-refractivity contribution in [3.8, 4) is 11.4 Å². The number of alkyl halides is 3. The largest absolute Gasteiger partial charge is 0.416 e. The van der Waals surface area contributed by atoms with Gasteiger partial charge in [-0.25, -0.2) is 4.98 Å². The molecule has 0 N–H and O–H groups in total. The fourth-order valence-corrected chi connectivity index (χ4v) is 2.65. The van der Waals surface area contributed by atoms with Gasteiger partial charge in [0.05, 0.1) is 5.56 Å². The molecule has 0 atom stereocenters. The first-order valence-corrected chi connectivity index (χ1v) is 7.27. The maximum atomic E-state index is 12.6. The molecule has 0 unspecified atom stereocenters. The molecule has 24 heavy (non-hydrogen) atoms. The molecule has 1 aromatic carbocycles. The molecule has 0 bridgehead atoms. The van der Waals surface area contributed by atoms with E-state index in [0.29, 0.717) is 18.0 Å². The average molecular weight is 335 g/mol. The third-order valence-electron chi connectivity index (χ3n) is 3.85. The molecule has 2 aromatic heterocycles. The molecule has 0 saturated carbocycles. The van der Waals surface area contributed by atoms with E-state index in [9.17, 15) is 13.2 Å². The summed E-state index contributed by atoms with van der Waals surface area (Å²) in [5, 5.41) is 3.84. The highest BCUT2D eigenvalue weighted by atomic mass is 19.4. The number of anilines is 1. The minimum absolute atomic E-state index is 0.265. The van der Waals surface area contributed by atoms with E-state index in [1.165, 1.54) is 12.1 Å². The Morgan fingerprint density at radius 3 is 2.67 bits per heavy atom. The Morgan fingerprint density at radius 2 is 1.92 bits per heavy atom. The fraction of sp³-hybridized carbons (Fsp3) is 0.267. The smallest absolute Gasteiger partial charge is 0.337 e. The molecule has 1 aliphatic rings. The Balaban J connectivity index is 1.51. The lowest BCUT2D eigenvalue weighted by atomic mass is 10.1. The van der Waals surface area contributed by atoms with Gasteiger partial charge in [-0.05, 0) is 12.1 Å². The van der Waals surface area contributed by atoms with Crippen molar-refractivity contribution in [1.82, 2.24) is 19.7 Å². The van der Waals surface area contributed by atoms with Crippen molar-refractivity contribution >= 4 is 5.95 Å². The summed E-state index contributed by atoms with van der Waals surface area (Å²) in [5.41, 5.74) is -0.236. The molecule has 0 spiro atoms. The topological polar surface area (TPSA) is 60.0 Å². The van der Waals surface area contributed by atoms with Crippen LogP contribution < -0.4 is 4.90 Å². The summed E-state index contributed by atoms with van der Waals surface area (Å²) in [6.45, 7) is 2.04. The number of fused-ring (bicyclic) bond motifs is 1. The van der Waals surface area contributed by atoms with Crippen LogP contribution in [0.5, 0.6) is 0 Å². The van der Waals surface area contributed by atoms with Crippen LogP contribution in [0.25, 0.3) is 11.4 Å². The number of halogens is 3. The second-order valence-electron chi connectivity index (χ2n) is 5.43. The van der Waals surface area contributed by atoms with Crippen LogP contribution in [0.2, 0.25) is 0 Å². The molecule has 6 nitrogen and oxygen atoms in total. The van der Waals surface area contributed by atoms with Crippen LogP contribution in [0.3, 0.4) is 0 Å². The highest BCUT2D eigenvalue weighted by molar-refractivity contribution is 5.55. The Hall–Kier alpha value is -2.84. The van der Waals surface area contributed by atoms with E-state index in [0.717, 1.165) is 31.2 Å². The maximum absolute atomic E-state index is 12.6. The van der Waals surface area contributed by atoms with E-state index >= 15 is 0 Å². The highest BCUT2D eigenvalue weighted by Crippen LogP contribution is 2.30. The highest BCUT2D eigenvalue weighted by Gasteiger charge is 2.30. The first-order chi connectivity index (χ1) is 11.5. The van der Waals surface area contributed by atoms with Crippen molar-refractivity contribution in [1.29, 1.82) is 0 Å². The lowest BCUT2D eigenvalue weighted by molar-refractivity contribution is -0.137. The molecule has 1 aliphatic heterocycles. The Bertz CT molecular complexity index is 853. The van der Waals surface area contributed by atoms with Gasteiger partial charge in [-0.2, -0.15) is 18.2 Å². The maximum Gasteiger partial charge on any atom is 0.416 e. The lowest BCUT2D eigenvalue weighted by Crippen LogP contribution is -2.20. The first kappa shape index (κ1) is 14.7. The van der Waals surface area contributed by atoms with Crippen LogP contribution in [0.4, 0.5) is 19.1 Å². The van der Waals surface area contributed by atoms with Crippen LogP contribution >= 0.6 is 0 Å². The zero-order chi connectivity index (χ0) is 16.7. The van der Waals surface area contributed by atoms with Crippen molar-refractivity contribution in [3.05, 3.63) is 48.1 Å². The molecule has 124 valence electrons. The molecule has 0 amide bonds. The van der Waals surface area contributed by atoms with Crippen LogP contribution in [-0.4, -0.2) is 26.2 Å². The number of rotatable bonds is 3. The van der Waals surface area contributed by atoms with Gasteiger partial charge in [0, 0.05) is 31.0 Å². The number of benzene rings is 1. The third-order valence-corrected chi connectivity index (χ3v) is 3.85. The van der Waals surface area contributed by atoms with Crippen LogP contribution in [0.1, 0.15) is 11.5 Å². The van der Waals surface area contributed by atoms with Gasteiger partial charge in [-0.15, -0.1) is 0 Å². The lowest BCUT2D eigenvalue weighted by Gasteiger charge is -2.12. The van der Waals surface area contributed by atoms with E-state index < -0.39 is 11.7 Å². The van der Waals surface area contributed by atoms with Crippen molar-refractivity contribution in [2.75, 3.05) is 11.4 Å². The molecule has 9 heteroatoms. The van der Waals surface area contributed by atoms with E-state index in [1.54, 1.807) is 6.20 Å². The van der Waals surface area contributed by atoms with Crippen LogP contribution in [0, 0.1) is 0 Å². The fourth-order valence-electron chi connectivity index (χ4n) is 2.65. The normalized spacial score (nSPS) is 14.2. The number of nitrogens with zero attached hydrogens (tertiary/aromatic N) is 5. The van der Waals surface area contributed by atoms with Gasteiger partial charge in [-0.1, -0.05) is 17.3 Å². The van der Waals surface area contributed by atoms with E-state index in [2.05, 4.69) is 15.1 Å². The minimum Gasteiger partial charge on any atom is -0.337 e. The van der Waals surface area contributed by atoms with Crippen LogP contribution in [0.15, 0.2) is 41.2 Å². The Kier molecular flexibility index (Phi) is 3.29. The van der Waals surface area contributed by atoms with Crippen LogP contribution in [-0.2, 0) is 19.3 Å². The predicted molar refractivity (Wildman–Crippen MR) is 78.0 cm³/mol. The van der Waals surface area contributed by atoms with Gasteiger partial charge in [0.25, 0.3) is 0 Å². The molecule has 0 fully saturated rings. The van der Waals surface area contributed by atoms with Gasteiger partial charge < -0.3 is 14.0 Å². The Labute approximate surface area is 134 Å². The quantitative estimate of drug-likeness (QED) is 0.736. The second kappa shape index (κ2) is 5.36. The summed E-state index contributed by atoms with van der Waals surface area (Å²) >= 11 is 0. The SMILES string of the molecule is FC(F)(F)c1ccc(-c2noc(CN3CCn4ccnc43)n2)cc1. The van der Waals surface area contributed by atoms with E-state index in [-0.39, 0.29) is 5.82 Å². The molecule has 0 radical (unpaired) electrons. The molecule has 0 aliphatic carbocycles. The number of hydrogen-bond acceptors (Lipinski definition) is 5. The summed E-state index contributed by atoms with van der Waals surface area (Å²) in [6.07, 6.45) is -0.738. The van der Waals surface area contributed by atoms with Crippen molar-refractivity contribution in [2.24, 2.45) is 0 Å². The van der Waals surface area contributed by atoms with Gasteiger partial charge in [0.1, 0.15) is 6.54 Å². The minimum atomic E-state index is -4.36. The van der Waals surface area contributed by atoms with Gasteiger partial charge >= 0.3 is 6.18 Å². The molecule has 4 rings (SSSR count). The number of imidazole rings is 1. The van der Waals surface area contributed by atoms with Gasteiger partial charge in [0.2, 0.25) is 17.7 Å². The summed E-state index contributed by atoms with van der Waals surface area (Å²) in [7, 11) is 0. The molecular formula is C15H12F3N5O. The zero-order valence-corrected chi connectivity index (χ0v) is 12.4. The van der Waals surface area contributed by atoms with Crippen molar-refractivity contribution < 1.29 is 17.7 Å². The molecule has 3 aromatic rings. The van der Waals surface area contributed by atoms with E-state index in [1.807, 2.05) is 15.7 Å². The van der Waals surface area contributed by atoms with Crippen molar-refractivity contribution in [3.63, 3.8) is 0 Å². The molecular weight excluding hydrogens is 323 g/mol. The average Bonchev–Trinajstić information content (AvgIpc) is 3.25. The number of aromatic nitrogens is 4. The summed E-state index contributed by atoms with van der Waals surface area (Å²) in [4.78, 5) is 10.5. The molecule has 3 heterocycles. The standard InChI is InChI=1S/C15H12F3N5O/c16-15(17,18)11-3-1-10(2-4-11)13-20-12(24-21-13)9-23-8-7-22-6-5-19-14(22)23/h1-6H,7-9H2. The first-order valence-electron chi connectivity index (χ1n) is 7.27. The monoisotopic (exact) mass is 335 g/mol. The zero-order valence-electron chi connectivity index (χ0n) is 12.4. The second-order valence-corrected chi connectivity index (χ2v) is 5.43. The summed E-state index contributed by atoms with van der Waals surface area (Å²) in [5.74, 6) is 1.49. The van der Waals surface area contributed by atoms with Gasteiger partial charge in [-0.3, -0.25) is 0 Å².